The topological polar surface area (TPSA) is 41.9 Å². The number of ether oxygens (including phenoxy) is 2. The van der Waals surface area contributed by atoms with Crippen molar-refractivity contribution in [3.05, 3.63) is 0 Å². The molecule has 2 saturated heterocycles. The quantitative estimate of drug-likeness (QED) is 0.802. The second-order valence-corrected chi connectivity index (χ2v) is 5.70. The highest BCUT2D eigenvalue weighted by molar-refractivity contribution is 4.80. The van der Waals surface area contributed by atoms with Crippen molar-refractivity contribution in [2.45, 2.75) is 31.8 Å². The van der Waals surface area contributed by atoms with Crippen molar-refractivity contribution in [3.63, 3.8) is 0 Å². The molecule has 1 atom stereocenters. The highest BCUT2D eigenvalue weighted by Crippen LogP contribution is 2.31. The zero-order valence-corrected chi connectivity index (χ0v) is 11.5. The average Bonchev–Trinajstić information content (AvgIpc) is 2.41. The first-order valence-corrected chi connectivity index (χ1v) is 7.26. The van der Waals surface area contributed by atoms with Gasteiger partial charge in [0.2, 0.25) is 0 Å². The summed E-state index contributed by atoms with van der Waals surface area (Å²) < 4.78 is 10.4. The molecule has 1 N–H and O–H groups in total. The van der Waals surface area contributed by atoms with Crippen LogP contribution in [0.15, 0.2) is 0 Å². The van der Waals surface area contributed by atoms with Gasteiger partial charge in [0.1, 0.15) is 0 Å². The molecule has 106 valence electrons. The van der Waals surface area contributed by atoms with E-state index in [2.05, 4.69) is 4.90 Å². The first-order chi connectivity index (χ1) is 8.79. The molecule has 0 aromatic heterocycles. The lowest BCUT2D eigenvalue weighted by molar-refractivity contribution is 0.0101. The van der Waals surface area contributed by atoms with Gasteiger partial charge in [0, 0.05) is 26.9 Å². The molecular weight excluding hydrogens is 230 g/mol. The molecule has 0 saturated carbocycles. The zero-order chi connectivity index (χ0) is 12.8. The van der Waals surface area contributed by atoms with Crippen LogP contribution in [0.4, 0.5) is 0 Å². The van der Waals surface area contributed by atoms with Gasteiger partial charge >= 0.3 is 0 Å². The predicted octanol–water partition coefficient (Wildman–Crippen LogP) is 1.13. The Morgan fingerprint density at radius 1 is 1.17 bits per heavy atom. The third-order valence-electron chi connectivity index (χ3n) is 4.39. The first-order valence-electron chi connectivity index (χ1n) is 7.26. The minimum Gasteiger partial charge on any atom is -0.389 e. The van der Waals surface area contributed by atoms with Crippen LogP contribution in [0.3, 0.4) is 0 Å². The van der Waals surface area contributed by atoms with Crippen molar-refractivity contribution in [1.82, 2.24) is 4.90 Å². The smallest absolute Gasteiger partial charge is 0.0900 e. The second kappa shape index (κ2) is 7.43. The maximum Gasteiger partial charge on any atom is 0.0900 e. The number of aliphatic hydroxyl groups is 1. The average molecular weight is 257 g/mol. The van der Waals surface area contributed by atoms with Crippen LogP contribution in [0, 0.1) is 11.8 Å². The Morgan fingerprint density at radius 2 is 1.78 bits per heavy atom. The molecule has 4 heteroatoms. The van der Waals surface area contributed by atoms with E-state index in [1.54, 1.807) is 7.11 Å². The Hall–Kier alpha value is -0.160. The van der Waals surface area contributed by atoms with Gasteiger partial charge in [-0.3, -0.25) is 0 Å². The van der Waals surface area contributed by atoms with E-state index in [-0.39, 0.29) is 6.10 Å². The van der Waals surface area contributed by atoms with Crippen LogP contribution in [-0.4, -0.2) is 62.7 Å². The van der Waals surface area contributed by atoms with Crippen molar-refractivity contribution >= 4 is 0 Å². The van der Waals surface area contributed by atoms with Gasteiger partial charge in [-0.2, -0.15) is 0 Å². The zero-order valence-electron chi connectivity index (χ0n) is 11.5. The van der Waals surface area contributed by atoms with Crippen molar-refractivity contribution in [2.75, 3.05) is 46.6 Å². The van der Waals surface area contributed by atoms with E-state index in [0.717, 1.165) is 44.7 Å². The Bertz CT molecular complexity index is 223. The third-order valence-corrected chi connectivity index (χ3v) is 4.39. The van der Waals surface area contributed by atoms with E-state index in [0.29, 0.717) is 6.61 Å². The summed E-state index contributed by atoms with van der Waals surface area (Å²) in [6.07, 6.45) is 4.72. The Kier molecular flexibility index (Phi) is 5.89. The number of piperidine rings is 1. The van der Waals surface area contributed by atoms with E-state index in [9.17, 15) is 5.11 Å². The number of β-amino-alcohol motifs (C(OH)–C–C–N with tert-alkyl or cyclic N) is 1. The van der Waals surface area contributed by atoms with Crippen LogP contribution < -0.4 is 0 Å². The normalized spacial score (nSPS) is 26.3. The summed E-state index contributed by atoms with van der Waals surface area (Å²) >= 11 is 0. The van der Waals surface area contributed by atoms with Gasteiger partial charge in [-0.15, -0.1) is 0 Å². The number of nitrogens with zero attached hydrogens (tertiary/aromatic N) is 1. The molecule has 0 radical (unpaired) electrons. The van der Waals surface area contributed by atoms with Crippen molar-refractivity contribution < 1.29 is 14.6 Å². The molecule has 0 spiro atoms. The number of likely N-dealkylation sites (tertiary alicyclic amines) is 1. The fraction of sp³-hybridized carbons (Fsp3) is 1.00. The Balaban J connectivity index is 1.67. The van der Waals surface area contributed by atoms with Crippen LogP contribution >= 0.6 is 0 Å². The van der Waals surface area contributed by atoms with Crippen LogP contribution in [0.5, 0.6) is 0 Å². The summed E-state index contributed by atoms with van der Waals surface area (Å²) in [6, 6.07) is 0. The molecule has 0 amide bonds. The van der Waals surface area contributed by atoms with E-state index in [1.165, 1.54) is 25.7 Å². The maximum atomic E-state index is 9.73. The Labute approximate surface area is 110 Å². The van der Waals surface area contributed by atoms with E-state index >= 15 is 0 Å². The van der Waals surface area contributed by atoms with Gasteiger partial charge in [-0.25, -0.2) is 0 Å². The molecule has 2 rings (SSSR count). The fourth-order valence-electron chi connectivity index (χ4n) is 3.34. The minimum atomic E-state index is -0.338. The lowest BCUT2D eigenvalue weighted by atomic mass is 9.80. The largest absolute Gasteiger partial charge is 0.389 e. The predicted molar refractivity (Wildman–Crippen MR) is 70.6 cm³/mol. The van der Waals surface area contributed by atoms with Crippen LogP contribution in [0.2, 0.25) is 0 Å². The molecule has 0 aliphatic carbocycles. The second-order valence-electron chi connectivity index (χ2n) is 5.70. The number of hydrogen-bond acceptors (Lipinski definition) is 4. The summed E-state index contributed by atoms with van der Waals surface area (Å²) in [5.74, 6) is 1.76. The van der Waals surface area contributed by atoms with Gasteiger partial charge in [0.05, 0.1) is 12.7 Å². The van der Waals surface area contributed by atoms with E-state index in [4.69, 9.17) is 9.47 Å². The summed E-state index contributed by atoms with van der Waals surface area (Å²) in [7, 11) is 1.64. The van der Waals surface area contributed by atoms with Crippen molar-refractivity contribution in [2.24, 2.45) is 11.8 Å². The third kappa shape index (κ3) is 4.19. The molecule has 2 heterocycles. The lowest BCUT2D eigenvalue weighted by Crippen LogP contribution is -2.42. The molecular formula is C14H27NO3. The molecule has 0 bridgehead atoms. The molecule has 2 fully saturated rings. The Morgan fingerprint density at radius 3 is 2.39 bits per heavy atom. The SMILES string of the molecule is COC[C@@H](O)CN1CCC(C2CCOCC2)CC1. The molecule has 0 aromatic rings. The molecule has 2 aliphatic rings. The number of hydrogen-bond donors (Lipinski definition) is 1. The number of aliphatic hydroxyl groups excluding tert-OH is 1. The number of rotatable bonds is 5. The van der Waals surface area contributed by atoms with Crippen LogP contribution in [0.25, 0.3) is 0 Å². The summed E-state index contributed by atoms with van der Waals surface area (Å²) in [6.45, 7) is 5.37. The summed E-state index contributed by atoms with van der Waals surface area (Å²) in [5, 5.41) is 9.73. The maximum absolute atomic E-state index is 9.73. The molecule has 0 unspecified atom stereocenters. The van der Waals surface area contributed by atoms with Gasteiger partial charge < -0.3 is 19.5 Å². The van der Waals surface area contributed by atoms with Crippen LogP contribution in [-0.2, 0) is 9.47 Å². The van der Waals surface area contributed by atoms with Crippen molar-refractivity contribution in [1.29, 1.82) is 0 Å². The standard InChI is InChI=1S/C14H27NO3/c1-17-11-14(16)10-15-6-2-12(3-7-15)13-4-8-18-9-5-13/h12-14,16H,2-11H2,1H3/t14-/m0/s1. The highest BCUT2D eigenvalue weighted by Gasteiger charge is 2.28. The van der Waals surface area contributed by atoms with E-state index < -0.39 is 0 Å². The van der Waals surface area contributed by atoms with E-state index in [1.807, 2.05) is 0 Å². The van der Waals surface area contributed by atoms with Crippen LogP contribution in [0.1, 0.15) is 25.7 Å². The van der Waals surface area contributed by atoms with Gasteiger partial charge in [-0.1, -0.05) is 0 Å². The first kappa shape index (κ1) is 14.3. The number of methoxy groups -OCH3 is 1. The minimum absolute atomic E-state index is 0.338. The summed E-state index contributed by atoms with van der Waals surface area (Å²) in [5.41, 5.74) is 0. The lowest BCUT2D eigenvalue weighted by Gasteiger charge is -2.38. The monoisotopic (exact) mass is 257 g/mol. The van der Waals surface area contributed by atoms with Crippen molar-refractivity contribution in [3.8, 4) is 0 Å². The molecule has 18 heavy (non-hydrogen) atoms. The van der Waals surface area contributed by atoms with Gasteiger partial charge in [0.25, 0.3) is 0 Å². The van der Waals surface area contributed by atoms with Gasteiger partial charge in [-0.05, 0) is 50.6 Å². The molecule has 0 aromatic carbocycles. The fourth-order valence-corrected chi connectivity index (χ4v) is 3.34. The molecule has 4 nitrogen and oxygen atoms in total. The highest BCUT2D eigenvalue weighted by atomic mass is 16.5. The summed E-state index contributed by atoms with van der Waals surface area (Å²) in [4.78, 5) is 2.37. The van der Waals surface area contributed by atoms with Gasteiger partial charge in [0.15, 0.2) is 0 Å². The molecule has 2 aliphatic heterocycles.